The summed E-state index contributed by atoms with van der Waals surface area (Å²) in [7, 11) is 0. The lowest BCUT2D eigenvalue weighted by atomic mass is 10.0. The predicted molar refractivity (Wildman–Crippen MR) is 99.3 cm³/mol. The van der Waals surface area contributed by atoms with Gasteiger partial charge in [0.1, 0.15) is 11.6 Å². The van der Waals surface area contributed by atoms with E-state index in [2.05, 4.69) is 10.6 Å². The third-order valence-electron chi connectivity index (χ3n) is 4.97. The Labute approximate surface area is 157 Å². The van der Waals surface area contributed by atoms with E-state index in [0.717, 1.165) is 12.5 Å². The SMILES string of the molecule is CCC(C)C(=O)Nc1cccc(C(=O)NC2(c3cc(F)cc(F)c3)CC2)c1. The van der Waals surface area contributed by atoms with Crippen molar-refractivity contribution < 1.29 is 18.4 Å². The molecule has 3 rings (SSSR count). The van der Waals surface area contributed by atoms with E-state index in [1.165, 1.54) is 12.1 Å². The Hall–Kier alpha value is -2.76. The van der Waals surface area contributed by atoms with E-state index >= 15 is 0 Å². The molecule has 1 fully saturated rings. The van der Waals surface area contributed by atoms with Crippen LogP contribution in [0.15, 0.2) is 42.5 Å². The second kappa shape index (κ2) is 7.47. The third kappa shape index (κ3) is 4.32. The molecule has 4 nitrogen and oxygen atoms in total. The average molecular weight is 372 g/mol. The third-order valence-corrected chi connectivity index (χ3v) is 4.97. The lowest BCUT2D eigenvalue weighted by Gasteiger charge is -2.19. The number of carbonyl (C=O) groups excluding carboxylic acids is 2. The van der Waals surface area contributed by atoms with Crippen LogP contribution in [-0.4, -0.2) is 11.8 Å². The molecular formula is C21H22F2N2O2. The number of hydrogen-bond acceptors (Lipinski definition) is 2. The molecule has 0 aliphatic heterocycles. The number of amides is 2. The van der Waals surface area contributed by atoms with Gasteiger partial charge >= 0.3 is 0 Å². The van der Waals surface area contributed by atoms with Gasteiger partial charge in [0.25, 0.3) is 5.91 Å². The largest absolute Gasteiger partial charge is 0.343 e. The van der Waals surface area contributed by atoms with Crippen molar-refractivity contribution in [2.75, 3.05) is 5.32 Å². The van der Waals surface area contributed by atoms with Gasteiger partial charge in [-0.1, -0.05) is 19.9 Å². The number of rotatable bonds is 6. The highest BCUT2D eigenvalue weighted by atomic mass is 19.1. The molecule has 1 aliphatic carbocycles. The van der Waals surface area contributed by atoms with Gasteiger partial charge in [0.2, 0.25) is 5.91 Å². The molecule has 27 heavy (non-hydrogen) atoms. The summed E-state index contributed by atoms with van der Waals surface area (Å²) in [6.45, 7) is 3.76. The van der Waals surface area contributed by atoms with Gasteiger partial charge in [-0.25, -0.2) is 8.78 Å². The van der Waals surface area contributed by atoms with E-state index in [1.807, 2.05) is 13.8 Å². The van der Waals surface area contributed by atoms with Crippen molar-refractivity contribution in [2.45, 2.75) is 38.6 Å². The minimum atomic E-state index is -0.740. The van der Waals surface area contributed by atoms with Gasteiger partial charge in [-0.2, -0.15) is 0 Å². The molecule has 1 aliphatic rings. The number of anilines is 1. The van der Waals surface area contributed by atoms with E-state index in [4.69, 9.17) is 0 Å². The number of hydrogen-bond donors (Lipinski definition) is 2. The van der Waals surface area contributed by atoms with Gasteiger partial charge < -0.3 is 10.6 Å². The quantitative estimate of drug-likeness (QED) is 0.791. The molecule has 142 valence electrons. The maximum atomic E-state index is 13.5. The number of nitrogens with one attached hydrogen (secondary N) is 2. The van der Waals surface area contributed by atoms with Crippen LogP contribution in [0.5, 0.6) is 0 Å². The molecule has 1 atom stereocenters. The zero-order valence-electron chi connectivity index (χ0n) is 15.3. The van der Waals surface area contributed by atoms with Crippen molar-refractivity contribution in [3.8, 4) is 0 Å². The highest BCUT2D eigenvalue weighted by Crippen LogP contribution is 2.46. The molecule has 1 unspecified atom stereocenters. The molecule has 0 bridgehead atoms. The first-order chi connectivity index (χ1) is 12.8. The topological polar surface area (TPSA) is 58.2 Å². The van der Waals surface area contributed by atoms with Gasteiger partial charge in [0.05, 0.1) is 5.54 Å². The van der Waals surface area contributed by atoms with Crippen LogP contribution in [0.4, 0.5) is 14.5 Å². The van der Waals surface area contributed by atoms with Crippen molar-refractivity contribution >= 4 is 17.5 Å². The predicted octanol–water partition coefficient (Wildman–Crippen LogP) is 4.37. The molecule has 0 heterocycles. The van der Waals surface area contributed by atoms with Crippen LogP contribution in [0.3, 0.4) is 0 Å². The number of carbonyl (C=O) groups is 2. The van der Waals surface area contributed by atoms with Gasteiger partial charge in [-0.15, -0.1) is 0 Å². The molecule has 0 spiro atoms. The zero-order chi connectivity index (χ0) is 19.6. The summed E-state index contributed by atoms with van der Waals surface area (Å²) in [5, 5.41) is 5.68. The molecule has 2 amide bonds. The smallest absolute Gasteiger partial charge is 0.252 e. The van der Waals surface area contributed by atoms with Crippen LogP contribution in [0.2, 0.25) is 0 Å². The second-order valence-corrected chi connectivity index (χ2v) is 7.07. The van der Waals surface area contributed by atoms with Crippen molar-refractivity contribution in [2.24, 2.45) is 5.92 Å². The van der Waals surface area contributed by atoms with Crippen molar-refractivity contribution in [3.63, 3.8) is 0 Å². The van der Waals surface area contributed by atoms with Crippen molar-refractivity contribution in [1.82, 2.24) is 5.32 Å². The Morgan fingerprint density at radius 2 is 1.78 bits per heavy atom. The Morgan fingerprint density at radius 3 is 2.37 bits per heavy atom. The van der Waals surface area contributed by atoms with Gasteiger partial charge in [-0.3, -0.25) is 9.59 Å². The maximum absolute atomic E-state index is 13.5. The fraction of sp³-hybridized carbons (Fsp3) is 0.333. The summed E-state index contributed by atoms with van der Waals surface area (Å²) in [6, 6.07) is 9.94. The molecule has 0 aromatic heterocycles. The van der Waals surface area contributed by atoms with Gasteiger partial charge in [0.15, 0.2) is 0 Å². The fourth-order valence-corrected chi connectivity index (χ4v) is 2.92. The van der Waals surface area contributed by atoms with Crippen LogP contribution in [-0.2, 0) is 10.3 Å². The van der Waals surface area contributed by atoms with E-state index in [0.29, 0.717) is 29.7 Å². The summed E-state index contributed by atoms with van der Waals surface area (Å²) >= 11 is 0. The van der Waals surface area contributed by atoms with Crippen LogP contribution in [0, 0.1) is 17.6 Å². The fourth-order valence-electron chi connectivity index (χ4n) is 2.92. The Morgan fingerprint density at radius 1 is 1.11 bits per heavy atom. The second-order valence-electron chi connectivity index (χ2n) is 7.07. The maximum Gasteiger partial charge on any atom is 0.252 e. The number of halogens is 2. The average Bonchev–Trinajstić information content (AvgIpc) is 3.41. The Kier molecular flexibility index (Phi) is 5.26. The van der Waals surface area contributed by atoms with Gasteiger partial charge in [0, 0.05) is 23.2 Å². The molecular weight excluding hydrogens is 350 g/mol. The van der Waals surface area contributed by atoms with E-state index in [-0.39, 0.29) is 17.7 Å². The van der Waals surface area contributed by atoms with E-state index in [9.17, 15) is 18.4 Å². The molecule has 0 radical (unpaired) electrons. The van der Waals surface area contributed by atoms with Crippen LogP contribution in [0.25, 0.3) is 0 Å². The monoisotopic (exact) mass is 372 g/mol. The zero-order valence-corrected chi connectivity index (χ0v) is 15.3. The number of benzene rings is 2. The van der Waals surface area contributed by atoms with Crippen molar-refractivity contribution in [3.05, 3.63) is 65.2 Å². The van der Waals surface area contributed by atoms with Gasteiger partial charge in [-0.05, 0) is 55.2 Å². The minimum Gasteiger partial charge on any atom is -0.343 e. The van der Waals surface area contributed by atoms with Crippen LogP contribution in [0.1, 0.15) is 49.0 Å². The first kappa shape index (κ1) is 19.0. The summed E-state index contributed by atoms with van der Waals surface area (Å²) in [5.74, 6) is -1.92. The summed E-state index contributed by atoms with van der Waals surface area (Å²) in [4.78, 5) is 24.7. The Bertz CT molecular complexity index is 858. The first-order valence-corrected chi connectivity index (χ1v) is 9.03. The Balaban J connectivity index is 1.75. The summed E-state index contributed by atoms with van der Waals surface area (Å²) in [6.07, 6.45) is 1.96. The van der Waals surface area contributed by atoms with Crippen LogP contribution >= 0.6 is 0 Å². The molecule has 1 saturated carbocycles. The normalized spacial score (nSPS) is 15.7. The van der Waals surface area contributed by atoms with Crippen molar-refractivity contribution in [1.29, 1.82) is 0 Å². The molecule has 6 heteroatoms. The van der Waals surface area contributed by atoms with Crippen LogP contribution < -0.4 is 10.6 Å². The minimum absolute atomic E-state index is 0.107. The standard InChI is InChI=1S/C21H22F2N2O2/c1-3-13(2)19(26)24-18-6-4-5-14(9-18)20(27)25-21(7-8-21)15-10-16(22)12-17(23)11-15/h4-6,9-13H,3,7-8H2,1-2H3,(H,24,26)(H,25,27). The molecule has 0 saturated heterocycles. The summed E-state index contributed by atoms with van der Waals surface area (Å²) in [5.41, 5.74) is 0.597. The lowest BCUT2D eigenvalue weighted by molar-refractivity contribution is -0.119. The molecule has 2 N–H and O–H groups in total. The highest BCUT2D eigenvalue weighted by molar-refractivity contribution is 5.98. The molecule has 2 aromatic carbocycles. The lowest BCUT2D eigenvalue weighted by Crippen LogP contribution is -2.35. The van der Waals surface area contributed by atoms with E-state index < -0.39 is 17.2 Å². The van der Waals surface area contributed by atoms with E-state index in [1.54, 1.807) is 24.3 Å². The molecule has 2 aromatic rings. The summed E-state index contributed by atoms with van der Waals surface area (Å²) < 4.78 is 27.0. The first-order valence-electron chi connectivity index (χ1n) is 9.03. The highest BCUT2D eigenvalue weighted by Gasteiger charge is 2.46.